The highest BCUT2D eigenvalue weighted by Crippen LogP contribution is 2.35. The van der Waals surface area contributed by atoms with Crippen LogP contribution in [0, 0.1) is 6.92 Å². The van der Waals surface area contributed by atoms with Gasteiger partial charge >= 0.3 is 0 Å². The lowest BCUT2D eigenvalue weighted by atomic mass is 10.0. The number of nitrogens with one attached hydrogen (secondary N) is 1. The fourth-order valence-corrected chi connectivity index (χ4v) is 2.53. The summed E-state index contributed by atoms with van der Waals surface area (Å²) in [5, 5.41) is 3.99. The topological polar surface area (TPSA) is 47.0 Å². The molecule has 0 atom stereocenters. The summed E-state index contributed by atoms with van der Waals surface area (Å²) in [6.07, 6.45) is 2.28. The zero-order valence-electron chi connectivity index (χ0n) is 9.56. The number of anilines is 1. The third-order valence-corrected chi connectivity index (χ3v) is 3.43. The van der Waals surface area contributed by atoms with Crippen molar-refractivity contribution in [2.75, 3.05) is 11.9 Å². The number of ether oxygens (including phenoxy) is 1. The van der Waals surface area contributed by atoms with Crippen LogP contribution in [0.25, 0.3) is 0 Å². The van der Waals surface area contributed by atoms with Gasteiger partial charge in [-0.15, -0.1) is 0 Å². The Morgan fingerprint density at radius 1 is 1.41 bits per heavy atom. The molecule has 1 aromatic carbocycles. The molecule has 2 heterocycles. The Balaban J connectivity index is 1.92. The normalized spacial score (nSPS) is 13.9. The molecule has 2 aromatic rings. The van der Waals surface area contributed by atoms with Crippen molar-refractivity contribution in [2.45, 2.75) is 19.8 Å². The van der Waals surface area contributed by atoms with Crippen LogP contribution >= 0.6 is 11.5 Å². The van der Waals surface area contributed by atoms with Crippen molar-refractivity contribution in [2.24, 2.45) is 0 Å². The van der Waals surface area contributed by atoms with Crippen molar-refractivity contribution < 1.29 is 4.74 Å². The van der Waals surface area contributed by atoms with E-state index in [1.165, 1.54) is 23.5 Å². The van der Waals surface area contributed by atoms with Crippen LogP contribution in [0.1, 0.15) is 17.8 Å². The lowest BCUT2D eigenvalue weighted by Gasteiger charge is -2.20. The van der Waals surface area contributed by atoms with Gasteiger partial charge in [-0.25, -0.2) is 0 Å². The van der Waals surface area contributed by atoms with Crippen LogP contribution in [0.15, 0.2) is 18.2 Å². The van der Waals surface area contributed by atoms with E-state index in [4.69, 9.17) is 4.74 Å². The molecule has 0 spiro atoms. The van der Waals surface area contributed by atoms with Crippen molar-refractivity contribution in [1.82, 2.24) is 9.36 Å². The van der Waals surface area contributed by atoms with Crippen LogP contribution in [0.4, 0.5) is 5.69 Å². The van der Waals surface area contributed by atoms with E-state index in [9.17, 15) is 0 Å². The Labute approximate surface area is 104 Å². The molecule has 17 heavy (non-hydrogen) atoms. The fraction of sp³-hybridized carbons (Fsp3) is 0.333. The number of nitrogens with zero attached hydrogens (tertiary/aromatic N) is 2. The highest BCUT2D eigenvalue weighted by atomic mass is 32.1. The Morgan fingerprint density at radius 2 is 2.35 bits per heavy atom. The zero-order valence-corrected chi connectivity index (χ0v) is 10.4. The van der Waals surface area contributed by atoms with Crippen molar-refractivity contribution in [3.63, 3.8) is 0 Å². The maximum absolute atomic E-state index is 5.78. The second kappa shape index (κ2) is 4.33. The van der Waals surface area contributed by atoms with Gasteiger partial charge < -0.3 is 10.1 Å². The summed E-state index contributed by atoms with van der Waals surface area (Å²) in [6.45, 7) is 2.87. The third-order valence-electron chi connectivity index (χ3n) is 2.74. The monoisotopic (exact) mass is 247 g/mol. The largest absolute Gasteiger partial charge is 0.428 e. The molecule has 1 aliphatic heterocycles. The lowest BCUT2D eigenvalue weighted by Crippen LogP contribution is -2.12. The van der Waals surface area contributed by atoms with Gasteiger partial charge in [0.15, 0.2) is 5.75 Å². The number of hydrogen-bond acceptors (Lipinski definition) is 5. The second-order valence-corrected chi connectivity index (χ2v) is 4.74. The number of aryl methyl sites for hydroxylation is 2. The molecule has 0 unspecified atom stereocenters. The predicted molar refractivity (Wildman–Crippen MR) is 68.0 cm³/mol. The minimum absolute atomic E-state index is 0.600. The Hall–Kier alpha value is -1.62. The molecule has 0 saturated carbocycles. The minimum Gasteiger partial charge on any atom is -0.428 e. The van der Waals surface area contributed by atoms with E-state index in [2.05, 4.69) is 20.7 Å². The Morgan fingerprint density at radius 3 is 3.18 bits per heavy atom. The first kappa shape index (κ1) is 10.5. The van der Waals surface area contributed by atoms with E-state index in [0.717, 1.165) is 30.2 Å². The molecule has 0 fully saturated rings. The smallest absolute Gasteiger partial charge is 0.298 e. The summed E-state index contributed by atoms with van der Waals surface area (Å²) in [7, 11) is 0. The van der Waals surface area contributed by atoms with Crippen molar-refractivity contribution >= 4 is 17.2 Å². The number of para-hydroxylation sites is 1. The standard InChI is InChI=1S/C12H13N3OS/c1-8-14-12(17-15-8)16-10-6-2-4-9-5-3-7-13-11(9)10/h2,4,6,13H,3,5,7H2,1H3. The van der Waals surface area contributed by atoms with Crippen molar-refractivity contribution in [3.05, 3.63) is 29.6 Å². The van der Waals surface area contributed by atoms with Crippen LogP contribution in [0.3, 0.4) is 0 Å². The second-order valence-electron chi connectivity index (χ2n) is 4.03. The summed E-state index contributed by atoms with van der Waals surface area (Å²) >= 11 is 1.28. The molecule has 1 N–H and O–H groups in total. The molecule has 0 aliphatic carbocycles. The van der Waals surface area contributed by atoms with E-state index >= 15 is 0 Å². The van der Waals surface area contributed by atoms with Crippen molar-refractivity contribution in [3.8, 4) is 10.9 Å². The predicted octanol–water partition coefficient (Wildman–Crippen LogP) is 3.00. The average Bonchev–Trinajstić information content (AvgIpc) is 2.75. The molecule has 1 aromatic heterocycles. The highest BCUT2D eigenvalue weighted by Gasteiger charge is 2.14. The molecule has 0 radical (unpaired) electrons. The SMILES string of the molecule is Cc1nsc(Oc2cccc3c2NCCC3)n1. The van der Waals surface area contributed by atoms with Crippen LogP contribution in [-0.4, -0.2) is 15.9 Å². The number of benzene rings is 1. The molecule has 0 amide bonds. The van der Waals surface area contributed by atoms with Gasteiger partial charge in [0.2, 0.25) is 0 Å². The van der Waals surface area contributed by atoms with Gasteiger partial charge in [-0.3, -0.25) is 0 Å². The van der Waals surface area contributed by atoms with Crippen LogP contribution in [0.5, 0.6) is 10.9 Å². The Kier molecular flexibility index (Phi) is 2.68. The van der Waals surface area contributed by atoms with Gasteiger partial charge in [0, 0.05) is 18.1 Å². The molecule has 3 rings (SSSR count). The maximum Gasteiger partial charge on any atom is 0.298 e. The summed E-state index contributed by atoms with van der Waals surface area (Å²) in [5.41, 5.74) is 2.42. The fourth-order valence-electron chi connectivity index (χ4n) is 1.98. The highest BCUT2D eigenvalue weighted by molar-refractivity contribution is 7.07. The number of aromatic nitrogens is 2. The van der Waals surface area contributed by atoms with E-state index in [1.54, 1.807) is 0 Å². The zero-order chi connectivity index (χ0) is 11.7. The van der Waals surface area contributed by atoms with Gasteiger partial charge in [-0.05, 0) is 31.4 Å². The molecule has 0 saturated heterocycles. The van der Waals surface area contributed by atoms with Gasteiger partial charge in [-0.1, -0.05) is 12.1 Å². The summed E-state index contributed by atoms with van der Waals surface area (Å²) < 4.78 is 9.89. The van der Waals surface area contributed by atoms with Gasteiger partial charge in [0.1, 0.15) is 5.82 Å². The van der Waals surface area contributed by atoms with E-state index in [1.807, 2.05) is 19.1 Å². The quantitative estimate of drug-likeness (QED) is 0.886. The van der Waals surface area contributed by atoms with E-state index in [-0.39, 0.29) is 0 Å². The molecule has 5 heteroatoms. The molecule has 0 bridgehead atoms. The van der Waals surface area contributed by atoms with Crippen molar-refractivity contribution in [1.29, 1.82) is 0 Å². The number of fused-ring (bicyclic) bond motifs is 1. The van der Waals surface area contributed by atoms with Gasteiger partial charge in [-0.2, -0.15) is 9.36 Å². The summed E-state index contributed by atoms with van der Waals surface area (Å²) in [5.74, 6) is 1.60. The van der Waals surface area contributed by atoms with Crippen LogP contribution in [-0.2, 0) is 6.42 Å². The van der Waals surface area contributed by atoms with Gasteiger partial charge in [0.25, 0.3) is 5.19 Å². The number of hydrogen-bond donors (Lipinski definition) is 1. The Bertz CT molecular complexity index is 538. The van der Waals surface area contributed by atoms with Crippen LogP contribution in [0.2, 0.25) is 0 Å². The first-order valence-corrected chi connectivity index (χ1v) is 6.44. The maximum atomic E-state index is 5.78. The first-order chi connectivity index (χ1) is 8.33. The minimum atomic E-state index is 0.600. The molecular formula is C12H13N3OS. The molecule has 88 valence electrons. The molecular weight excluding hydrogens is 234 g/mol. The summed E-state index contributed by atoms with van der Waals surface area (Å²) in [4.78, 5) is 4.21. The van der Waals surface area contributed by atoms with Gasteiger partial charge in [0.05, 0.1) is 5.69 Å². The average molecular weight is 247 g/mol. The molecule has 1 aliphatic rings. The van der Waals surface area contributed by atoms with E-state index < -0.39 is 0 Å². The first-order valence-electron chi connectivity index (χ1n) is 5.67. The summed E-state index contributed by atoms with van der Waals surface area (Å²) in [6, 6.07) is 6.13. The number of rotatable bonds is 2. The molecule has 4 nitrogen and oxygen atoms in total. The van der Waals surface area contributed by atoms with Crippen LogP contribution < -0.4 is 10.1 Å². The third kappa shape index (κ3) is 2.10. The lowest BCUT2D eigenvalue weighted by molar-refractivity contribution is 0.478. The van der Waals surface area contributed by atoms with E-state index in [0.29, 0.717) is 5.19 Å².